The summed E-state index contributed by atoms with van der Waals surface area (Å²) < 4.78 is 6.18. The zero-order chi connectivity index (χ0) is 26.5. The van der Waals surface area contributed by atoms with Gasteiger partial charge in [0.1, 0.15) is 16.9 Å². The van der Waals surface area contributed by atoms with Gasteiger partial charge in [0.15, 0.2) is 11.3 Å². The molecule has 1 aliphatic heterocycles. The molecule has 0 N–H and O–H groups in total. The van der Waals surface area contributed by atoms with Gasteiger partial charge in [0.05, 0.1) is 5.69 Å². The number of carbonyl (C=O) groups is 2. The molecule has 37 heavy (non-hydrogen) atoms. The predicted molar refractivity (Wildman–Crippen MR) is 145 cm³/mol. The molecular weight excluding hydrogens is 488 g/mol. The van der Waals surface area contributed by atoms with Gasteiger partial charge in [0, 0.05) is 41.5 Å². The fourth-order valence-corrected chi connectivity index (χ4v) is 4.83. The van der Waals surface area contributed by atoms with Crippen LogP contribution in [0.4, 0.5) is 5.82 Å². The van der Waals surface area contributed by atoms with E-state index in [1.807, 2.05) is 36.4 Å². The summed E-state index contributed by atoms with van der Waals surface area (Å²) in [4.78, 5) is 39.5. The van der Waals surface area contributed by atoms with Gasteiger partial charge in [0.2, 0.25) is 0 Å². The second-order valence-electron chi connectivity index (χ2n) is 10.8. The van der Waals surface area contributed by atoms with Crippen LogP contribution in [0.5, 0.6) is 0 Å². The highest BCUT2D eigenvalue weighted by molar-refractivity contribution is 6.30. The maximum Gasteiger partial charge on any atom is 0.290 e. The molecule has 0 spiro atoms. The highest BCUT2D eigenvalue weighted by Crippen LogP contribution is 2.36. The number of halogens is 1. The summed E-state index contributed by atoms with van der Waals surface area (Å²) in [6, 6.07) is 16.6. The van der Waals surface area contributed by atoms with Gasteiger partial charge in [0.25, 0.3) is 11.8 Å². The summed E-state index contributed by atoms with van der Waals surface area (Å²) in [5.41, 5.74) is 2.46. The number of carbonyl (C=O) groups excluding carboxylic acids is 2. The topological polar surface area (TPSA) is 79.5 Å². The van der Waals surface area contributed by atoms with E-state index in [2.05, 4.69) is 25.8 Å². The molecule has 4 aromatic rings. The minimum atomic E-state index is -1.08. The van der Waals surface area contributed by atoms with E-state index in [0.29, 0.717) is 35.0 Å². The number of piperazine rings is 1. The van der Waals surface area contributed by atoms with Gasteiger partial charge in [-0.3, -0.25) is 14.5 Å². The lowest BCUT2D eigenvalue weighted by atomic mass is 9.86. The summed E-state index contributed by atoms with van der Waals surface area (Å²) >= 11 is 6.08. The largest absolute Gasteiger partial charge is 0.449 e. The van der Waals surface area contributed by atoms with Crippen molar-refractivity contribution in [3.05, 3.63) is 77.1 Å². The van der Waals surface area contributed by atoms with Crippen molar-refractivity contribution in [2.45, 2.75) is 45.6 Å². The van der Waals surface area contributed by atoms with E-state index in [1.165, 1.54) is 0 Å². The molecule has 0 bridgehead atoms. The molecule has 3 aromatic heterocycles. The molecule has 0 saturated carbocycles. The van der Waals surface area contributed by atoms with Gasteiger partial charge in [-0.1, -0.05) is 50.6 Å². The zero-order valence-electron chi connectivity index (χ0n) is 21.6. The lowest BCUT2D eigenvalue weighted by molar-refractivity contribution is -0.129. The first kappa shape index (κ1) is 25.0. The Labute approximate surface area is 221 Å². The average Bonchev–Trinajstić information content (AvgIpc) is 3.29. The number of hydrogen-bond donors (Lipinski definition) is 0. The van der Waals surface area contributed by atoms with Crippen molar-refractivity contribution in [3.63, 3.8) is 0 Å². The molecule has 8 heteroatoms. The van der Waals surface area contributed by atoms with Gasteiger partial charge in [-0.15, -0.1) is 0 Å². The van der Waals surface area contributed by atoms with Gasteiger partial charge in [-0.2, -0.15) is 0 Å². The van der Waals surface area contributed by atoms with Crippen LogP contribution in [-0.4, -0.2) is 45.3 Å². The van der Waals surface area contributed by atoms with Crippen molar-refractivity contribution in [1.82, 2.24) is 14.9 Å². The molecule has 4 heterocycles. The number of anilines is 1. The average molecular weight is 517 g/mol. The predicted octanol–water partition coefficient (Wildman–Crippen LogP) is 6.11. The second-order valence-corrected chi connectivity index (χ2v) is 11.2. The zero-order valence-corrected chi connectivity index (χ0v) is 22.3. The molecule has 0 atom stereocenters. The standard InChI is InChI=1S/C29H29ClN4O3/c1-28(2,3)20-16-21(18-9-11-19(30)12-10-18)32-22-17-23(37-25(20)22)26(35)34-15-14-33(27(36)29(34,4)5)24-8-6-7-13-31-24/h6-13,16-17H,14-15H2,1-5H3. The highest BCUT2D eigenvalue weighted by atomic mass is 35.5. The molecule has 1 fully saturated rings. The first-order valence-corrected chi connectivity index (χ1v) is 12.6. The Morgan fingerprint density at radius 3 is 2.43 bits per heavy atom. The van der Waals surface area contributed by atoms with Crippen LogP contribution in [0.3, 0.4) is 0 Å². The number of amides is 2. The van der Waals surface area contributed by atoms with E-state index < -0.39 is 5.54 Å². The summed E-state index contributed by atoms with van der Waals surface area (Å²) in [6.07, 6.45) is 1.65. The monoisotopic (exact) mass is 516 g/mol. The molecule has 0 radical (unpaired) electrons. The van der Waals surface area contributed by atoms with E-state index >= 15 is 0 Å². The Morgan fingerprint density at radius 1 is 1.05 bits per heavy atom. The van der Waals surface area contributed by atoms with Crippen LogP contribution in [0.25, 0.3) is 22.4 Å². The first-order valence-electron chi connectivity index (χ1n) is 12.2. The van der Waals surface area contributed by atoms with E-state index in [4.69, 9.17) is 21.0 Å². The smallest absolute Gasteiger partial charge is 0.290 e. The van der Waals surface area contributed by atoms with Crippen LogP contribution >= 0.6 is 11.6 Å². The van der Waals surface area contributed by atoms with Crippen LogP contribution in [0, 0.1) is 0 Å². The molecule has 1 aromatic carbocycles. The molecule has 1 saturated heterocycles. The molecular formula is C29H29ClN4O3. The van der Waals surface area contributed by atoms with Gasteiger partial charge in [-0.25, -0.2) is 9.97 Å². The first-order chi connectivity index (χ1) is 17.5. The van der Waals surface area contributed by atoms with Crippen LogP contribution in [0.15, 0.2) is 65.2 Å². The van der Waals surface area contributed by atoms with Crippen LogP contribution < -0.4 is 4.90 Å². The van der Waals surface area contributed by atoms with Crippen LogP contribution in [0.2, 0.25) is 5.02 Å². The minimum absolute atomic E-state index is 0.161. The lowest BCUT2D eigenvalue weighted by Gasteiger charge is -2.45. The number of nitrogens with zero attached hydrogens (tertiary/aromatic N) is 4. The van der Waals surface area contributed by atoms with Crippen molar-refractivity contribution in [2.24, 2.45) is 0 Å². The van der Waals surface area contributed by atoms with E-state index in [0.717, 1.165) is 16.8 Å². The summed E-state index contributed by atoms with van der Waals surface area (Å²) in [6.45, 7) is 10.5. The number of rotatable bonds is 3. The number of hydrogen-bond acceptors (Lipinski definition) is 5. The van der Waals surface area contributed by atoms with Crippen molar-refractivity contribution in [2.75, 3.05) is 18.0 Å². The van der Waals surface area contributed by atoms with Gasteiger partial charge < -0.3 is 9.32 Å². The van der Waals surface area contributed by atoms with Gasteiger partial charge in [-0.05, 0) is 49.6 Å². The Balaban J connectivity index is 1.52. The second kappa shape index (κ2) is 8.99. The van der Waals surface area contributed by atoms with Crippen LogP contribution in [0.1, 0.15) is 50.7 Å². The third-order valence-electron chi connectivity index (χ3n) is 6.80. The maximum absolute atomic E-state index is 13.7. The number of fused-ring (bicyclic) bond motifs is 1. The van der Waals surface area contributed by atoms with Crippen molar-refractivity contribution < 1.29 is 14.0 Å². The third kappa shape index (κ3) is 4.48. The molecule has 0 unspecified atom stereocenters. The molecule has 1 aliphatic rings. The normalized spacial score (nSPS) is 15.9. The maximum atomic E-state index is 13.7. The quantitative estimate of drug-likeness (QED) is 0.328. The molecule has 7 nitrogen and oxygen atoms in total. The van der Waals surface area contributed by atoms with Crippen molar-refractivity contribution in [1.29, 1.82) is 0 Å². The fraction of sp³-hybridized carbons (Fsp3) is 0.310. The number of pyridine rings is 2. The van der Waals surface area contributed by atoms with Gasteiger partial charge >= 0.3 is 0 Å². The van der Waals surface area contributed by atoms with Crippen LogP contribution in [-0.2, 0) is 10.2 Å². The number of benzene rings is 1. The molecule has 0 aliphatic carbocycles. The lowest BCUT2D eigenvalue weighted by Crippen LogP contribution is -2.64. The molecule has 5 rings (SSSR count). The Morgan fingerprint density at radius 2 is 1.78 bits per heavy atom. The SMILES string of the molecule is CC(C)(C)c1cc(-c2ccc(Cl)cc2)nc2cc(C(=O)N3CCN(c4ccccn4)C(=O)C3(C)C)oc12. The van der Waals surface area contributed by atoms with Crippen molar-refractivity contribution in [3.8, 4) is 11.3 Å². The molecule has 190 valence electrons. The fourth-order valence-electron chi connectivity index (χ4n) is 4.70. The Kier molecular flexibility index (Phi) is 6.07. The van der Waals surface area contributed by atoms with E-state index in [-0.39, 0.29) is 23.0 Å². The number of aromatic nitrogens is 2. The molecule has 2 amide bonds. The van der Waals surface area contributed by atoms with E-state index in [1.54, 1.807) is 48.0 Å². The Bertz CT molecular complexity index is 1490. The van der Waals surface area contributed by atoms with E-state index in [9.17, 15) is 9.59 Å². The summed E-state index contributed by atoms with van der Waals surface area (Å²) in [5.74, 6) is 0.198. The summed E-state index contributed by atoms with van der Waals surface area (Å²) in [7, 11) is 0. The highest BCUT2D eigenvalue weighted by Gasteiger charge is 2.46. The third-order valence-corrected chi connectivity index (χ3v) is 7.05. The number of furan rings is 1. The Hall–Kier alpha value is -3.71. The van der Waals surface area contributed by atoms with Crippen molar-refractivity contribution >= 4 is 40.3 Å². The minimum Gasteiger partial charge on any atom is -0.449 e. The summed E-state index contributed by atoms with van der Waals surface area (Å²) in [5, 5.41) is 0.650.